The summed E-state index contributed by atoms with van der Waals surface area (Å²) in [5, 5.41) is 3.24. The number of rotatable bonds is 6. The van der Waals surface area contributed by atoms with E-state index in [1.165, 1.54) is 17.7 Å². The molecule has 1 heterocycles. The second kappa shape index (κ2) is 9.73. The van der Waals surface area contributed by atoms with Crippen LogP contribution in [0.25, 0.3) is 11.5 Å². The van der Waals surface area contributed by atoms with Crippen LogP contribution in [-0.2, 0) is 5.75 Å². The van der Waals surface area contributed by atoms with Gasteiger partial charge in [0, 0.05) is 27.8 Å². The summed E-state index contributed by atoms with van der Waals surface area (Å²) in [6.45, 7) is 6.48. The van der Waals surface area contributed by atoms with Gasteiger partial charge in [0.25, 0.3) is 5.91 Å². The molecule has 1 saturated carbocycles. The van der Waals surface area contributed by atoms with Gasteiger partial charge in [-0.05, 0) is 61.6 Å². The lowest BCUT2D eigenvalue weighted by Crippen LogP contribution is -2.43. The van der Waals surface area contributed by atoms with Crippen molar-refractivity contribution in [3.63, 3.8) is 0 Å². The molecule has 1 amide bonds. The third kappa shape index (κ3) is 5.21. The van der Waals surface area contributed by atoms with E-state index in [2.05, 4.69) is 31.3 Å². The van der Waals surface area contributed by atoms with Crippen LogP contribution < -0.4 is 5.32 Å². The van der Waals surface area contributed by atoms with Gasteiger partial charge < -0.3 is 9.73 Å². The summed E-state index contributed by atoms with van der Waals surface area (Å²) in [4.78, 5) is 18.6. The van der Waals surface area contributed by atoms with Gasteiger partial charge in [0.15, 0.2) is 0 Å². The van der Waals surface area contributed by atoms with Crippen molar-refractivity contribution in [2.45, 2.75) is 56.7 Å². The SMILES string of the molecule is Cc1oc(-c2ccc(C(=O)N[C@@H]3CCC[C@@H](C)[C@@H]3C)cc2)nc1CSc1ccccc1. The average molecular weight is 435 g/mol. The van der Waals surface area contributed by atoms with E-state index in [1.54, 1.807) is 11.8 Å². The average Bonchev–Trinajstić information content (AvgIpc) is 3.17. The van der Waals surface area contributed by atoms with Gasteiger partial charge in [-0.2, -0.15) is 0 Å². The quantitative estimate of drug-likeness (QED) is 0.450. The van der Waals surface area contributed by atoms with Gasteiger partial charge in [0.2, 0.25) is 5.89 Å². The van der Waals surface area contributed by atoms with E-state index < -0.39 is 0 Å². The van der Waals surface area contributed by atoms with E-state index >= 15 is 0 Å². The number of aromatic nitrogens is 1. The molecule has 4 nitrogen and oxygen atoms in total. The van der Waals surface area contributed by atoms with E-state index in [9.17, 15) is 4.79 Å². The van der Waals surface area contributed by atoms with Crippen molar-refractivity contribution in [1.82, 2.24) is 10.3 Å². The highest BCUT2D eigenvalue weighted by Crippen LogP contribution is 2.30. The number of thioether (sulfide) groups is 1. The molecule has 0 aliphatic heterocycles. The number of benzene rings is 2. The van der Waals surface area contributed by atoms with Gasteiger partial charge in [-0.15, -0.1) is 11.8 Å². The van der Waals surface area contributed by atoms with Crippen molar-refractivity contribution in [3.05, 3.63) is 71.6 Å². The van der Waals surface area contributed by atoms with Gasteiger partial charge >= 0.3 is 0 Å². The third-order valence-electron chi connectivity index (χ3n) is 6.43. The lowest BCUT2D eigenvalue weighted by Gasteiger charge is -2.34. The Morgan fingerprint density at radius 2 is 1.84 bits per heavy atom. The number of carbonyl (C=O) groups excluding carboxylic acids is 1. The summed E-state index contributed by atoms with van der Waals surface area (Å²) < 4.78 is 5.91. The molecular formula is C26H30N2O2S. The summed E-state index contributed by atoms with van der Waals surface area (Å²) in [5.41, 5.74) is 2.51. The van der Waals surface area contributed by atoms with Gasteiger partial charge in [-0.25, -0.2) is 4.98 Å². The van der Waals surface area contributed by atoms with Crippen molar-refractivity contribution in [3.8, 4) is 11.5 Å². The Morgan fingerprint density at radius 1 is 1.10 bits per heavy atom. The first-order chi connectivity index (χ1) is 15.0. The van der Waals surface area contributed by atoms with Gasteiger partial charge in [0.1, 0.15) is 5.76 Å². The lowest BCUT2D eigenvalue weighted by molar-refractivity contribution is 0.0891. The molecule has 162 valence electrons. The molecule has 2 aromatic carbocycles. The fourth-order valence-corrected chi connectivity index (χ4v) is 5.08. The first kappa shape index (κ1) is 21.7. The second-order valence-corrected chi connectivity index (χ2v) is 9.60. The van der Waals surface area contributed by atoms with Crippen LogP contribution in [0, 0.1) is 18.8 Å². The molecule has 4 rings (SSSR count). The normalized spacial score (nSPS) is 21.1. The fraction of sp³-hybridized carbons (Fsp3) is 0.385. The number of aryl methyl sites for hydroxylation is 1. The van der Waals surface area contributed by atoms with E-state index in [1.807, 2.05) is 49.4 Å². The number of hydrogen-bond donors (Lipinski definition) is 1. The molecule has 31 heavy (non-hydrogen) atoms. The van der Waals surface area contributed by atoms with Crippen LogP contribution in [-0.4, -0.2) is 16.9 Å². The zero-order valence-electron chi connectivity index (χ0n) is 18.4. The molecule has 1 aliphatic carbocycles. The first-order valence-electron chi connectivity index (χ1n) is 11.1. The smallest absolute Gasteiger partial charge is 0.251 e. The minimum absolute atomic E-state index is 0.000958. The molecule has 1 aliphatic rings. The van der Waals surface area contributed by atoms with E-state index in [0.717, 1.165) is 29.2 Å². The summed E-state index contributed by atoms with van der Waals surface area (Å²) in [6.07, 6.45) is 3.50. The van der Waals surface area contributed by atoms with Crippen molar-refractivity contribution in [2.75, 3.05) is 0 Å². The highest BCUT2D eigenvalue weighted by Gasteiger charge is 2.28. The Morgan fingerprint density at radius 3 is 2.58 bits per heavy atom. The Kier molecular flexibility index (Phi) is 6.81. The predicted molar refractivity (Wildman–Crippen MR) is 126 cm³/mol. The van der Waals surface area contributed by atoms with Crippen LogP contribution in [0.1, 0.15) is 54.9 Å². The molecule has 5 heteroatoms. The summed E-state index contributed by atoms with van der Waals surface area (Å²) in [7, 11) is 0. The molecule has 0 spiro atoms. The highest BCUT2D eigenvalue weighted by molar-refractivity contribution is 7.98. The number of carbonyl (C=O) groups is 1. The maximum absolute atomic E-state index is 12.7. The number of hydrogen-bond acceptors (Lipinski definition) is 4. The first-order valence-corrected chi connectivity index (χ1v) is 12.1. The van der Waals surface area contributed by atoms with E-state index in [0.29, 0.717) is 23.3 Å². The summed E-state index contributed by atoms with van der Waals surface area (Å²) in [6, 6.07) is 18.1. The fourth-order valence-electron chi connectivity index (χ4n) is 4.16. The predicted octanol–water partition coefficient (Wildman–Crippen LogP) is 6.50. The number of nitrogens with zero attached hydrogens (tertiary/aromatic N) is 1. The molecule has 0 unspecified atom stereocenters. The molecule has 0 saturated heterocycles. The van der Waals surface area contributed by atoms with Crippen molar-refractivity contribution in [2.24, 2.45) is 11.8 Å². The molecular weight excluding hydrogens is 404 g/mol. The molecule has 0 bridgehead atoms. The van der Waals surface area contributed by atoms with Crippen molar-refractivity contribution < 1.29 is 9.21 Å². The second-order valence-electron chi connectivity index (χ2n) is 8.55. The Balaban J connectivity index is 1.40. The lowest BCUT2D eigenvalue weighted by atomic mass is 9.78. The highest BCUT2D eigenvalue weighted by atomic mass is 32.2. The molecule has 1 aromatic heterocycles. The van der Waals surface area contributed by atoms with Gasteiger partial charge in [-0.3, -0.25) is 4.79 Å². The van der Waals surface area contributed by atoms with E-state index in [-0.39, 0.29) is 11.9 Å². The van der Waals surface area contributed by atoms with Gasteiger partial charge in [-0.1, -0.05) is 44.9 Å². The molecule has 1 fully saturated rings. The topological polar surface area (TPSA) is 55.1 Å². The summed E-state index contributed by atoms with van der Waals surface area (Å²) >= 11 is 1.74. The minimum atomic E-state index is 0.000958. The standard InChI is InChI=1S/C26H30N2O2S/c1-17-8-7-11-23(18(17)2)27-25(29)20-12-14-21(15-13-20)26-28-24(19(3)30-26)16-31-22-9-5-4-6-10-22/h4-6,9-10,12-15,17-18,23H,7-8,11,16H2,1-3H3,(H,27,29)/t17-,18+,23-/m1/s1. The third-order valence-corrected chi connectivity index (χ3v) is 7.45. The number of amides is 1. The largest absolute Gasteiger partial charge is 0.441 e. The summed E-state index contributed by atoms with van der Waals surface area (Å²) in [5.74, 6) is 3.37. The van der Waals surface area contributed by atoms with Crippen LogP contribution in [0.2, 0.25) is 0 Å². The Hall–Kier alpha value is -2.53. The maximum atomic E-state index is 12.7. The van der Waals surface area contributed by atoms with Crippen LogP contribution in [0.5, 0.6) is 0 Å². The number of nitrogens with one attached hydrogen (secondary N) is 1. The minimum Gasteiger partial charge on any atom is -0.441 e. The molecule has 1 N–H and O–H groups in total. The Labute approximate surface area is 188 Å². The molecule has 3 atom stereocenters. The van der Waals surface area contributed by atoms with E-state index in [4.69, 9.17) is 9.40 Å². The Bertz CT molecular complexity index is 1010. The maximum Gasteiger partial charge on any atom is 0.251 e. The van der Waals surface area contributed by atoms with Gasteiger partial charge in [0.05, 0.1) is 5.69 Å². The monoisotopic (exact) mass is 434 g/mol. The van der Waals surface area contributed by atoms with Crippen molar-refractivity contribution in [1.29, 1.82) is 0 Å². The van der Waals surface area contributed by atoms with Crippen LogP contribution in [0.4, 0.5) is 0 Å². The van der Waals surface area contributed by atoms with Crippen LogP contribution in [0.3, 0.4) is 0 Å². The van der Waals surface area contributed by atoms with Crippen LogP contribution >= 0.6 is 11.8 Å². The zero-order chi connectivity index (χ0) is 21.8. The van der Waals surface area contributed by atoms with Crippen molar-refractivity contribution >= 4 is 17.7 Å². The molecule has 0 radical (unpaired) electrons. The molecule has 3 aromatic rings. The van der Waals surface area contributed by atoms with Crippen LogP contribution in [0.15, 0.2) is 63.9 Å². The number of oxazole rings is 1. The zero-order valence-corrected chi connectivity index (χ0v) is 19.2.